The van der Waals surface area contributed by atoms with Crippen LogP contribution in [0.15, 0.2) is 0 Å². The van der Waals surface area contributed by atoms with E-state index in [-0.39, 0.29) is 0 Å². The van der Waals surface area contributed by atoms with Crippen molar-refractivity contribution >= 4 is 6.85 Å². The third-order valence-electron chi connectivity index (χ3n) is 0. The van der Waals surface area contributed by atoms with Crippen LogP contribution >= 0.6 is 0 Å². The van der Waals surface area contributed by atoms with Crippen molar-refractivity contribution in [3.05, 3.63) is 0 Å². The van der Waals surface area contributed by atoms with Crippen LogP contribution in [0, 0.1) is 0 Å². The predicted octanol–water partition coefficient (Wildman–Crippen LogP) is -0.799. The van der Waals surface area contributed by atoms with Crippen LogP contribution in [0.2, 0.25) is 0 Å². The molecule has 0 rings (SSSR count). The van der Waals surface area contributed by atoms with Crippen LogP contribution in [0.4, 0.5) is 0 Å². The van der Waals surface area contributed by atoms with Gasteiger partial charge in [-0.1, -0.05) is 0 Å². The Kier molecular flexibility index (Phi) is 28.0. The summed E-state index contributed by atoms with van der Waals surface area (Å²) in [5.74, 6) is 0. The summed E-state index contributed by atoms with van der Waals surface area (Å²) in [6.45, 7) is 0. The van der Waals surface area contributed by atoms with Crippen molar-refractivity contribution in [1.29, 1.82) is 0 Å². The third-order valence-corrected chi connectivity index (χ3v) is 0. The second-order valence-corrected chi connectivity index (χ2v) is 1.94. The molecule has 0 saturated carbocycles. The normalized spacial score (nSPS) is 3.33. The van der Waals surface area contributed by atoms with Crippen molar-refractivity contribution in [1.82, 2.24) is 0 Å². The topological polar surface area (TPSA) is 34.1 Å². The standard InChI is InChI=1S/2CO.2Cd/c2*1-2;;. The van der Waals surface area contributed by atoms with Gasteiger partial charge in [0.2, 0.25) is 0 Å². The molecule has 2 nitrogen and oxygen atoms in total. The molecule has 0 amide bonds. The minimum absolute atomic E-state index is 0.394. The van der Waals surface area contributed by atoms with Gasteiger partial charge in [-0.3, -0.25) is 0 Å². The van der Waals surface area contributed by atoms with Gasteiger partial charge in [0.25, 0.3) is 0 Å². The quantitative estimate of drug-likeness (QED) is 0.545. The Morgan fingerprint density at radius 2 is 1.00 bits per heavy atom. The van der Waals surface area contributed by atoms with Gasteiger partial charge in [0, 0.05) is 0 Å². The van der Waals surface area contributed by atoms with Crippen LogP contribution in [0.1, 0.15) is 0 Å². The van der Waals surface area contributed by atoms with E-state index < -0.39 is 0 Å². The average Bonchev–Trinajstić information content (AvgIpc) is 1.39. The zero-order chi connectivity index (χ0) is 5.41. The number of hydrogen-bond donors (Lipinski definition) is 0. The minimum atomic E-state index is 0.394. The summed E-state index contributed by atoms with van der Waals surface area (Å²) in [5.41, 5.74) is 0. The van der Waals surface area contributed by atoms with Crippen LogP contribution in [0.3, 0.4) is 0 Å². The van der Waals surface area contributed by atoms with Gasteiger partial charge in [0.1, 0.15) is 0 Å². The molecule has 0 spiro atoms. The van der Waals surface area contributed by atoms with Gasteiger partial charge in [0.15, 0.2) is 0 Å². The average molecular weight is 281 g/mol. The number of rotatable bonds is 0. The van der Waals surface area contributed by atoms with Crippen molar-refractivity contribution in [2.24, 2.45) is 0 Å². The van der Waals surface area contributed by atoms with E-state index in [2.05, 4.69) is 0 Å². The molecule has 0 aliphatic rings. The Morgan fingerprint density at radius 3 is 1.00 bits per heavy atom. The van der Waals surface area contributed by atoms with Crippen molar-refractivity contribution < 1.29 is 60.1 Å². The van der Waals surface area contributed by atoms with Crippen molar-refractivity contribution in [3.63, 3.8) is 0 Å². The summed E-state index contributed by atoms with van der Waals surface area (Å²) in [5, 5.41) is 0. The molecule has 0 aromatic rings. The molecule has 0 heterocycles. The molecule has 0 aliphatic carbocycles. The first-order valence-electron chi connectivity index (χ1n) is 1.12. The van der Waals surface area contributed by atoms with E-state index in [4.69, 9.17) is 9.59 Å². The summed E-state index contributed by atoms with van der Waals surface area (Å²) in [4.78, 5) is 17.5. The Labute approximate surface area is 66.2 Å². The molecule has 0 atom stereocenters. The Bertz CT molecular complexity index is 63.5. The fourth-order valence-electron chi connectivity index (χ4n) is 0. The monoisotopic (exact) mass is 284 g/mol. The van der Waals surface area contributed by atoms with E-state index in [0.717, 1.165) is 0 Å². The van der Waals surface area contributed by atoms with E-state index in [9.17, 15) is 0 Å². The summed E-state index contributed by atoms with van der Waals surface area (Å²) in [7, 11) is 0. The molecule has 0 fully saturated rings. The van der Waals surface area contributed by atoms with E-state index in [1.54, 1.807) is 6.85 Å². The Hall–Kier alpha value is 1.00. The Balaban J connectivity index is 0. The predicted molar refractivity (Wildman–Crippen MR) is 11.4 cm³/mol. The fourth-order valence-corrected chi connectivity index (χ4v) is 0. The summed E-state index contributed by atoms with van der Waals surface area (Å²) in [6.07, 6.45) is 0. The van der Waals surface area contributed by atoms with Crippen molar-refractivity contribution in [2.75, 3.05) is 0 Å². The fraction of sp³-hybridized carbons (Fsp3) is 0. The molecular weight excluding hydrogens is 281 g/mol. The van der Waals surface area contributed by atoms with Crippen molar-refractivity contribution in [2.45, 2.75) is 0 Å². The molecular formula is C2Cd2O2. The van der Waals surface area contributed by atoms with Gasteiger partial charge in [-0.2, -0.15) is 0 Å². The van der Waals surface area contributed by atoms with Crippen LogP contribution in [0.5, 0.6) is 0 Å². The molecule has 6 heavy (non-hydrogen) atoms. The summed E-state index contributed by atoms with van der Waals surface area (Å²) >= 11 is 0.788. The molecule has 24 valence electrons. The SMILES string of the molecule is O=[C]=[Cd].O=[C]=[Cd]. The first-order chi connectivity index (χ1) is 2.83. The molecule has 0 unspecified atom stereocenters. The summed E-state index contributed by atoms with van der Waals surface area (Å²) < 4.78 is 3.34. The van der Waals surface area contributed by atoms with E-state index >= 15 is 0 Å². The van der Waals surface area contributed by atoms with Gasteiger partial charge in [-0.15, -0.1) is 0 Å². The maximum absolute atomic E-state index is 8.76. The molecule has 0 bridgehead atoms. The van der Waals surface area contributed by atoms with Gasteiger partial charge in [0.05, 0.1) is 0 Å². The van der Waals surface area contributed by atoms with Crippen molar-refractivity contribution in [3.8, 4) is 0 Å². The van der Waals surface area contributed by atoms with E-state index in [1.165, 1.54) is 0 Å². The van der Waals surface area contributed by atoms with Crippen LogP contribution in [-0.4, -0.2) is 6.85 Å². The van der Waals surface area contributed by atoms with E-state index in [1.807, 2.05) is 0 Å². The van der Waals surface area contributed by atoms with Gasteiger partial charge in [-0.05, 0) is 0 Å². The zero-order valence-electron chi connectivity index (χ0n) is 3.23. The van der Waals surface area contributed by atoms with Crippen LogP contribution in [0.25, 0.3) is 0 Å². The first kappa shape index (κ1) is 10.1. The number of carbonyl (C=O) groups excluding carboxylic acids is 2. The molecule has 0 aliphatic heterocycles. The van der Waals surface area contributed by atoms with E-state index in [0.29, 0.717) is 50.6 Å². The molecule has 4 heteroatoms. The zero-order valence-corrected chi connectivity index (χ0v) is 11.3. The third kappa shape index (κ3) is 79.6. The Morgan fingerprint density at radius 1 is 1.00 bits per heavy atom. The second kappa shape index (κ2) is 16.7. The van der Waals surface area contributed by atoms with Crippen LogP contribution in [-0.2, 0) is 60.1 Å². The molecule has 0 saturated heterocycles. The van der Waals surface area contributed by atoms with Gasteiger partial charge < -0.3 is 0 Å². The molecule has 0 N–H and O–H groups in total. The van der Waals surface area contributed by atoms with Gasteiger partial charge >= 0.3 is 67.0 Å². The van der Waals surface area contributed by atoms with Gasteiger partial charge in [-0.25, -0.2) is 0 Å². The first-order valence-corrected chi connectivity index (χ1v) is 5.15. The molecule has 0 aromatic heterocycles. The number of hydrogen-bond acceptors (Lipinski definition) is 2. The molecule has 0 radical (unpaired) electrons. The van der Waals surface area contributed by atoms with Crippen LogP contribution < -0.4 is 0 Å². The molecule has 0 aromatic carbocycles. The summed E-state index contributed by atoms with van der Waals surface area (Å²) in [6, 6.07) is 0. The second-order valence-electron chi connectivity index (χ2n) is 0.289. The maximum atomic E-state index is 8.76.